The van der Waals surface area contributed by atoms with Gasteiger partial charge in [-0.05, 0) is 38.8 Å². The summed E-state index contributed by atoms with van der Waals surface area (Å²) in [5.74, 6) is 1.04. The average Bonchev–Trinajstić information content (AvgIpc) is 2.95. The molecular weight excluding hydrogens is 273 g/mol. The lowest BCUT2D eigenvalue weighted by Crippen LogP contribution is -2.49. The molecule has 110 valence electrons. The van der Waals surface area contributed by atoms with E-state index in [0.717, 1.165) is 0 Å². The maximum absolute atomic E-state index is 12.0. The number of hydrogen-bond donors (Lipinski definition) is 2. The highest BCUT2D eigenvalue weighted by Gasteiger charge is 2.30. The Bertz CT molecular complexity index is 237. The largest absolute Gasteiger partial charge is 0.353 e. The van der Waals surface area contributed by atoms with Crippen LogP contribution in [0.3, 0.4) is 0 Å². The van der Waals surface area contributed by atoms with Gasteiger partial charge in [-0.25, -0.2) is 0 Å². The highest BCUT2D eigenvalue weighted by molar-refractivity contribution is 5.85. The van der Waals surface area contributed by atoms with Crippen LogP contribution in [-0.4, -0.2) is 43.5 Å². The first-order valence-corrected chi connectivity index (χ1v) is 6.13. The zero-order chi connectivity index (χ0) is 12.3. The van der Waals surface area contributed by atoms with E-state index in [1.807, 2.05) is 19.0 Å². The monoisotopic (exact) mass is 299 g/mol. The van der Waals surface area contributed by atoms with E-state index in [2.05, 4.69) is 19.2 Å². The molecule has 6 heteroatoms. The number of nitrogens with two attached hydrogens (primary N) is 1. The van der Waals surface area contributed by atoms with E-state index in [9.17, 15) is 4.79 Å². The van der Waals surface area contributed by atoms with Crippen molar-refractivity contribution in [3.05, 3.63) is 0 Å². The van der Waals surface area contributed by atoms with Crippen LogP contribution in [0.25, 0.3) is 0 Å². The molecule has 0 bridgehead atoms. The molecule has 2 atom stereocenters. The summed E-state index contributed by atoms with van der Waals surface area (Å²) in [6, 6.07) is 0.0744. The molecule has 0 aromatic heterocycles. The fraction of sp³-hybridized carbons (Fsp3) is 0.917. The SMILES string of the molecule is CC(C)[C@H](C(=O)NCC(N)C1CC1)N(C)C.Cl.Cl. The van der Waals surface area contributed by atoms with E-state index in [1.165, 1.54) is 12.8 Å². The van der Waals surface area contributed by atoms with E-state index >= 15 is 0 Å². The van der Waals surface area contributed by atoms with E-state index in [4.69, 9.17) is 5.73 Å². The zero-order valence-corrected chi connectivity index (χ0v) is 13.3. The normalized spacial score (nSPS) is 17.7. The number of nitrogens with one attached hydrogen (secondary N) is 1. The molecule has 0 heterocycles. The molecule has 0 aliphatic heterocycles. The van der Waals surface area contributed by atoms with Crippen molar-refractivity contribution >= 4 is 30.7 Å². The lowest BCUT2D eigenvalue weighted by atomic mass is 10.0. The molecule has 0 spiro atoms. The molecule has 4 nitrogen and oxygen atoms in total. The smallest absolute Gasteiger partial charge is 0.237 e. The second kappa shape index (κ2) is 8.97. The molecule has 18 heavy (non-hydrogen) atoms. The third kappa shape index (κ3) is 6.23. The molecule has 0 aromatic carbocycles. The van der Waals surface area contributed by atoms with E-state index in [1.54, 1.807) is 0 Å². The van der Waals surface area contributed by atoms with Gasteiger partial charge in [0.25, 0.3) is 0 Å². The van der Waals surface area contributed by atoms with Gasteiger partial charge in [-0.3, -0.25) is 9.69 Å². The molecule has 1 fully saturated rings. The summed E-state index contributed by atoms with van der Waals surface area (Å²) in [4.78, 5) is 13.9. The molecule has 1 rings (SSSR count). The number of nitrogens with zero attached hydrogens (tertiary/aromatic N) is 1. The zero-order valence-electron chi connectivity index (χ0n) is 11.7. The third-order valence-corrected chi connectivity index (χ3v) is 3.20. The van der Waals surface area contributed by atoms with Gasteiger partial charge in [0.2, 0.25) is 5.91 Å². The predicted molar refractivity (Wildman–Crippen MR) is 80.5 cm³/mol. The molecule has 1 saturated carbocycles. The van der Waals surface area contributed by atoms with Gasteiger partial charge in [0.15, 0.2) is 0 Å². The number of carbonyl (C=O) groups is 1. The van der Waals surface area contributed by atoms with Gasteiger partial charge in [0.1, 0.15) is 0 Å². The Labute approximate surface area is 123 Å². The Morgan fingerprint density at radius 2 is 1.83 bits per heavy atom. The number of amides is 1. The van der Waals surface area contributed by atoms with Crippen molar-refractivity contribution in [1.82, 2.24) is 10.2 Å². The Kier molecular flexibility index (Phi) is 10.1. The quantitative estimate of drug-likeness (QED) is 0.776. The van der Waals surface area contributed by atoms with Crippen molar-refractivity contribution in [2.75, 3.05) is 20.6 Å². The van der Waals surface area contributed by atoms with Crippen molar-refractivity contribution in [2.45, 2.75) is 38.8 Å². The van der Waals surface area contributed by atoms with Gasteiger partial charge in [-0.1, -0.05) is 13.8 Å². The maximum Gasteiger partial charge on any atom is 0.237 e. The highest BCUT2D eigenvalue weighted by atomic mass is 35.5. The Morgan fingerprint density at radius 1 is 1.33 bits per heavy atom. The Hall–Kier alpha value is -0.0300. The minimum Gasteiger partial charge on any atom is -0.353 e. The van der Waals surface area contributed by atoms with Crippen molar-refractivity contribution in [3.8, 4) is 0 Å². The third-order valence-electron chi connectivity index (χ3n) is 3.20. The molecular formula is C12H27Cl2N3O. The number of likely N-dealkylation sites (N-methyl/N-ethyl adjacent to an activating group) is 1. The van der Waals surface area contributed by atoms with Gasteiger partial charge < -0.3 is 11.1 Å². The molecule has 3 N–H and O–H groups in total. The second-order valence-corrected chi connectivity index (χ2v) is 5.40. The average molecular weight is 300 g/mol. The predicted octanol–water partition coefficient (Wildman–Crippen LogP) is 1.27. The first-order valence-electron chi connectivity index (χ1n) is 6.13. The van der Waals surface area contributed by atoms with Crippen LogP contribution in [0, 0.1) is 11.8 Å². The van der Waals surface area contributed by atoms with Crippen LogP contribution in [0.4, 0.5) is 0 Å². The van der Waals surface area contributed by atoms with Crippen LogP contribution in [0.15, 0.2) is 0 Å². The minimum absolute atomic E-state index is 0. The number of hydrogen-bond acceptors (Lipinski definition) is 3. The Morgan fingerprint density at radius 3 is 2.17 bits per heavy atom. The standard InChI is InChI=1S/C12H25N3O.2ClH/c1-8(2)11(15(3)4)12(16)14-7-10(13)9-5-6-9;;/h8-11H,5-7,13H2,1-4H3,(H,14,16);2*1H/t10?,11-;;/m1../s1. The lowest BCUT2D eigenvalue weighted by Gasteiger charge is -2.27. The topological polar surface area (TPSA) is 58.4 Å². The maximum atomic E-state index is 12.0. The van der Waals surface area contributed by atoms with Crippen molar-refractivity contribution in [3.63, 3.8) is 0 Å². The minimum atomic E-state index is -0.0635. The van der Waals surface area contributed by atoms with Crippen LogP contribution in [0.2, 0.25) is 0 Å². The summed E-state index contributed by atoms with van der Waals surface area (Å²) in [5, 5.41) is 2.96. The van der Waals surface area contributed by atoms with Crippen LogP contribution < -0.4 is 11.1 Å². The van der Waals surface area contributed by atoms with Crippen molar-refractivity contribution in [1.29, 1.82) is 0 Å². The summed E-state index contributed by atoms with van der Waals surface area (Å²) in [7, 11) is 3.87. The molecule has 1 unspecified atom stereocenters. The van der Waals surface area contributed by atoms with E-state index in [0.29, 0.717) is 18.4 Å². The summed E-state index contributed by atoms with van der Waals surface area (Å²) in [6.07, 6.45) is 2.44. The first-order chi connectivity index (χ1) is 7.43. The fourth-order valence-corrected chi connectivity index (χ4v) is 2.15. The summed E-state index contributed by atoms with van der Waals surface area (Å²) < 4.78 is 0. The summed E-state index contributed by atoms with van der Waals surface area (Å²) >= 11 is 0. The van der Waals surface area contributed by atoms with Gasteiger partial charge in [0.05, 0.1) is 6.04 Å². The van der Waals surface area contributed by atoms with Crippen molar-refractivity contribution in [2.24, 2.45) is 17.6 Å². The van der Waals surface area contributed by atoms with Crippen LogP contribution in [0.5, 0.6) is 0 Å². The molecule has 0 saturated heterocycles. The molecule has 0 aromatic rings. The fourth-order valence-electron chi connectivity index (χ4n) is 2.15. The molecule has 1 aliphatic rings. The van der Waals surface area contributed by atoms with Gasteiger partial charge in [-0.15, -0.1) is 24.8 Å². The van der Waals surface area contributed by atoms with Crippen molar-refractivity contribution < 1.29 is 4.79 Å². The van der Waals surface area contributed by atoms with Gasteiger partial charge >= 0.3 is 0 Å². The van der Waals surface area contributed by atoms with Crippen LogP contribution >= 0.6 is 24.8 Å². The molecule has 1 amide bonds. The number of rotatable bonds is 6. The molecule has 0 radical (unpaired) electrons. The van der Waals surface area contributed by atoms with Crippen LogP contribution in [-0.2, 0) is 4.79 Å². The molecule has 1 aliphatic carbocycles. The van der Waals surface area contributed by atoms with Crippen LogP contribution in [0.1, 0.15) is 26.7 Å². The number of carbonyl (C=O) groups excluding carboxylic acids is 1. The van der Waals surface area contributed by atoms with Gasteiger partial charge in [-0.2, -0.15) is 0 Å². The lowest BCUT2D eigenvalue weighted by molar-refractivity contribution is -0.127. The summed E-state index contributed by atoms with van der Waals surface area (Å²) in [6.45, 7) is 4.73. The second-order valence-electron chi connectivity index (χ2n) is 5.40. The van der Waals surface area contributed by atoms with E-state index < -0.39 is 0 Å². The summed E-state index contributed by atoms with van der Waals surface area (Å²) in [5.41, 5.74) is 5.95. The van der Waals surface area contributed by atoms with E-state index in [-0.39, 0.29) is 42.8 Å². The Balaban J connectivity index is 0. The van der Waals surface area contributed by atoms with Gasteiger partial charge in [0, 0.05) is 12.6 Å². The number of halogens is 2. The first kappa shape index (κ1) is 20.3. The highest BCUT2D eigenvalue weighted by Crippen LogP contribution is 2.31.